The first kappa shape index (κ1) is 13.6. The average molecular weight is 299 g/mol. The van der Waals surface area contributed by atoms with Gasteiger partial charge in [0.15, 0.2) is 0 Å². The summed E-state index contributed by atoms with van der Waals surface area (Å²) in [5.41, 5.74) is 1.91. The van der Waals surface area contributed by atoms with E-state index in [1.165, 1.54) is 0 Å². The standard InChI is InChI=1S/C16H13NO3S/c1-10-5-4-6-11(16(18)19)15(10)20-9-14-17-12-7-2-3-8-13(12)21-14/h2-8H,9H2,1H3,(H,18,19). The van der Waals surface area contributed by atoms with Gasteiger partial charge in [-0.05, 0) is 30.7 Å². The number of aryl methyl sites for hydroxylation is 1. The normalized spacial score (nSPS) is 10.7. The second-order valence-electron chi connectivity index (χ2n) is 4.62. The van der Waals surface area contributed by atoms with Crippen LogP contribution in [0, 0.1) is 6.92 Å². The van der Waals surface area contributed by atoms with Crippen molar-refractivity contribution in [3.8, 4) is 5.75 Å². The lowest BCUT2D eigenvalue weighted by atomic mass is 10.1. The summed E-state index contributed by atoms with van der Waals surface area (Å²) in [6, 6.07) is 13.0. The first-order chi connectivity index (χ1) is 10.1. The van der Waals surface area contributed by atoms with Crippen LogP contribution < -0.4 is 4.74 Å². The van der Waals surface area contributed by atoms with E-state index in [0.29, 0.717) is 5.75 Å². The molecule has 0 aliphatic carbocycles. The molecule has 1 heterocycles. The summed E-state index contributed by atoms with van der Waals surface area (Å²) < 4.78 is 6.81. The summed E-state index contributed by atoms with van der Waals surface area (Å²) in [6.07, 6.45) is 0. The number of para-hydroxylation sites is 2. The van der Waals surface area contributed by atoms with E-state index in [2.05, 4.69) is 4.98 Å². The highest BCUT2D eigenvalue weighted by molar-refractivity contribution is 7.18. The number of hydrogen-bond donors (Lipinski definition) is 1. The number of ether oxygens (including phenoxy) is 1. The Labute approximate surface area is 125 Å². The molecule has 0 spiro atoms. The molecule has 0 saturated heterocycles. The molecule has 0 unspecified atom stereocenters. The largest absolute Gasteiger partial charge is 0.485 e. The van der Waals surface area contributed by atoms with E-state index in [1.807, 2.05) is 37.3 Å². The molecule has 0 atom stereocenters. The van der Waals surface area contributed by atoms with Crippen LogP contribution in [0.4, 0.5) is 0 Å². The van der Waals surface area contributed by atoms with Crippen LogP contribution in [0.15, 0.2) is 42.5 Å². The number of carboxylic acids is 1. The van der Waals surface area contributed by atoms with E-state index in [0.717, 1.165) is 20.8 Å². The second-order valence-corrected chi connectivity index (χ2v) is 5.74. The van der Waals surface area contributed by atoms with Gasteiger partial charge in [-0.25, -0.2) is 9.78 Å². The Morgan fingerprint density at radius 1 is 1.24 bits per heavy atom. The number of carbonyl (C=O) groups is 1. The van der Waals surface area contributed by atoms with Gasteiger partial charge in [-0.2, -0.15) is 0 Å². The van der Waals surface area contributed by atoms with E-state index in [9.17, 15) is 9.90 Å². The monoisotopic (exact) mass is 299 g/mol. The molecular weight excluding hydrogens is 286 g/mol. The summed E-state index contributed by atoms with van der Waals surface area (Å²) in [6.45, 7) is 2.10. The topological polar surface area (TPSA) is 59.4 Å². The van der Waals surface area contributed by atoms with Crippen LogP contribution in [0.1, 0.15) is 20.9 Å². The van der Waals surface area contributed by atoms with Crippen LogP contribution in [0.25, 0.3) is 10.2 Å². The maximum absolute atomic E-state index is 11.2. The van der Waals surface area contributed by atoms with Crippen LogP contribution in [-0.2, 0) is 6.61 Å². The number of hydrogen-bond acceptors (Lipinski definition) is 4. The molecule has 2 aromatic carbocycles. The van der Waals surface area contributed by atoms with Crippen molar-refractivity contribution < 1.29 is 14.6 Å². The van der Waals surface area contributed by atoms with Crippen molar-refractivity contribution in [2.75, 3.05) is 0 Å². The van der Waals surface area contributed by atoms with Gasteiger partial charge in [0.1, 0.15) is 22.9 Å². The highest BCUT2D eigenvalue weighted by atomic mass is 32.1. The maximum Gasteiger partial charge on any atom is 0.339 e. The first-order valence-electron chi connectivity index (χ1n) is 6.45. The molecule has 0 bridgehead atoms. The average Bonchev–Trinajstić information content (AvgIpc) is 2.88. The summed E-state index contributed by atoms with van der Waals surface area (Å²) in [4.78, 5) is 15.7. The Morgan fingerprint density at radius 3 is 2.81 bits per heavy atom. The third-order valence-electron chi connectivity index (χ3n) is 3.12. The van der Waals surface area contributed by atoms with Crippen LogP contribution in [-0.4, -0.2) is 16.1 Å². The minimum Gasteiger partial charge on any atom is -0.485 e. The molecule has 0 saturated carbocycles. The number of aromatic carboxylic acids is 1. The molecule has 4 nitrogen and oxygen atoms in total. The second kappa shape index (κ2) is 5.54. The van der Waals surface area contributed by atoms with Crippen molar-refractivity contribution in [1.29, 1.82) is 0 Å². The SMILES string of the molecule is Cc1cccc(C(=O)O)c1OCc1nc2ccccc2s1. The quantitative estimate of drug-likeness (QED) is 0.794. The van der Waals surface area contributed by atoms with Crippen LogP contribution in [0.2, 0.25) is 0 Å². The molecule has 1 aromatic heterocycles. The smallest absolute Gasteiger partial charge is 0.339 e. The fourth-order valence-electron chi connectivity index (χ4n) is 2.13. The van der Waals surface area contributed by atoms with E-state index in [4.69, 9.17) is 4.74 Å². The van der Waals surface area contributed by atoms with Gasteiger partial charge in [-0.3, -0.25) is 0 Å². The number of carboxylic acid groups (broad SMARTS) is 1. The molecule has 21 heavy (non-hydrogen) atoms. The number of aromatic nitrogens is 1. The molecule has 3 rings (SSSR count). The number of nitrogens with zero attached hydrogens (tertiary/aromatic N) is 1. The zero-order valence-corrected chi connectivity index (χ0v) is 12.2. The van der Waals surface area contributed by atoms with Crippen molar-refractivity contribution >= 4 is 27.5 Å². The molecule has 0 fully saturated rings. The number of thiazole rings is 1. The molecule has 106 valence electrons. The zero-order chi connectivity index (χ0) is 14.8. The molecule has 0 aliphatic heterocycles. The van der Waals surface area contributed by atoms with E-state index in [-0.39, 0.29) is 12.2 Å². The van der Waals surface area contributed by atoms with Crippen LogP contribution in [0.3, 0.4) is 0 Å². The fourth-order valence-corrected chi connectivity index (χ4v) is 3.01. The van der Waals surface area contributed by atoms with E-state index < -0.39 is 5.97 Å². The summed E-state index contributed by atoms with van der Waals surface area (Å²) in [7, 11) is 0. The van der Waals surface area contributed by atoms with Gasteiger partial charge in [-0.15, -0.1) is 11.3 Å². The molecular formula is C16H13NO3S. The Hall–Kier alpha value is -2.40. The Kier molecular flexibility index (Phi) is 3.58. The van der Waals surface area contributed by atoms with E-state index in [1.54, 1.807) is 23.5 Å². The molecule has 0 aliphatic rings. The fraction of sp³-hybridized carbons (Fsp3) is 0.125. The number of rotatable bonds is 4. The lowest BCUT2D eigenvalue weighted by molar-refractivity contribution is 0.0691. The Morgan fingerprint density at radius 2 is 2.05 bits per heavy atom. The van der Waals surface area contributed by atoms with Crippen molar-refractivity contribution in [2.24, 2.45) is 0 Å². The predicted octanol–water partition coefficient (Wildman–Crippen LogP) is 3.88. The minimum atomic E-state index is -0.988. The molecule has 1 N–H and O–H groups in total. The summed E-state index contributed by atoms with van der Waals surface area (Å²) in [5.74, 6) is -0.581. The van der Waals surface area contributed by atoms with Crippen molar-refractivity contribution in [1.82, 2.24) is 4.98 Å². The van der Waals surface area contributed by atoms with Crippen LogP contribution >= 0.6 is 11.3 Å². The van der Waals surface area contributed by atoms with Gasteiger partial charge in [0.05, 0.1) is 10.2 Å². The Balaban J connectivity index is 1.86. The number of benzene rings is 2. The van der Waals surface area contributed by atoms with Crippen molar-refractivity contribution in [3.63, 3.8) is 0 Å². The number of fused-ring (bicyclic) bond motifs is 1. The van der Waals surface area contributed by atoms with Gasteiger partial charge in [0.2, 0.25) is 0 Å². The Bertz CT molecular complexity index is 777. The van der Waals surface area contributed by atoms with Gasteiger partial charge in [0.25, 0.3) is 0 Å². The van der Waals surface area contributed by atoms with E-state index >= 15 is 0 Å². The highest BCUT2D eigenvalue weighted by Gasteiger charge is 2.14. The maximum atomic E-state index is 11.2. The molecule has 5 heteroatoms. The van der Waals surface area contributed by atoms with Gasteiger partial charge < -0.3 is 9.84 Å². The van der Waals surface area contributed by atoms with Gasteiger partial charge in [0, 0.05) is 0 Å². The molecule has 3 aromatic rings. The highest BCUT2D eigenvalue weighted by Crippen LogP contribution is 2.27. The lowest BCUT2D eigenvalue weighted by Crippen LogP contribution is -2.04. The van der Waals surface area contributed by atoms with Gasteiger partial charge >= 0.3 is 5.97 Å². The minimum absolute atomic E-state index is 0.177. The first-order valence-corrected chi connectivity index (χ1v) is 7.27. The molecule has 0 radical (unpaired) electrons. The third-order valence-corrected chi connectivity index (χ3v) is 4.13. The van der Waals surface area contributed by atoms with Gasteiger partial charge in [-0.1, -0.05) is 24.3 Å². The third kappa shape index (κ3) is 2.73. The zero-order valence-electron chi connectivity index (χ0n) is 11.4. The van der Waals surface area contributed by atoms with Crippen LogP contribution in [0.5, 0.6) is 5.75 Å². The molecule has 0 amide bonds. The predicted molar refractivity (Wildman–Crippen MR) is 82.1 cm³/mol. The summed E-state index contributed by atoms with van der Waals surface area (Å²) in [5, 5.41) is 10.0. The van der Waals surface area contributed by atoms with Crippen molar-refractivity contribution in [2.45, 2.75) is 13.5 Å². The summed E-state index contributed by atoms with van der Waals surface area (Å²) >= 11 is 1.55. The lowest BCUT2D eigenvalue weighted by Gasteiger charge is -2.10. The van der Waals surface area contributed by atoms with Crippen molar-refractivity contribution in [3.05, 3.63) is 58.6 Å².